The summed E-state index contributed by atoms with van der Waals surface area (Å²) in [5, 5.41) is 4.00. The van der Waals surface area contributed by atoms with Crippen molar-refractivity contribution >= 4 is 6.08 Å². The molecule has 4 aliphatic rings. The molecule has 1 aromatic heterocycles. The maximum atomic E-state index is 15.4. The number of rotatable bonds is 0. The highest BCUT2D eigenvalue weighted by Crippen LogP contribution is 2.68. The third-order valence-electron chi connectivity index (χ3n) is 8.60. The smallest absolute Gasteiger partial charge is 0.176 e. The first-order valence-electron chi connectivity index (χ1n) is 9.73. The molecule has 1 aromatic rings. The van der Waals surface area contributed by atoms with Gasteiger partial charge in [-0.2, -0.15) is 0 Å². The molecule has 0 saturated heterocycles. The summed E-state index contributed by atoms with van der Waals surface area (Å²) in [5.41, 5.74) is 1.17. The van der Waals surface area contributed by atoms with Crippen LogP contribution in [0.2, 0.25) is 0 Å². The van der Waals surface area contributed by atoms with Crippen LogP contribution in [0, 0.1) is 40.9 Å². The van der Waals surface area contributed by atoms with Gasteiger partial charge in [0, 0.05) is 11.0 Å². The molecular weight excluding hydrogens is 313 g/mol. The standard InChI is InChI=1S/C22H26FNO/c1-4-22(23)10-8-18-16-6-5-15-11-19-14(13-24-25-19)12-20(15,2)17(16)7-9-21(18,22)3/h1,11,13,16-18H,5-10,12H2,2-3H3/t16-,17+,18+,20+,21+,22-/m1/s1. The average Bonchev–Trinajstić information content (AvgIpc) is 3.14. The van der Waals surface area contributed by atoms with Crippen molar-refractivity contribution in [2.45, 2.75) is 64.5 Å². The Morgan fingerprint density at radius 2 is 2.04 bits per heavy atom. The molecule has 0 bridgehead atoms. The number of alkyl halides is 1. The zero-order valence-corrected chi connectivity index (χ0v) is 15.1. The predicted molar refractivity (Wildman–Crippen MR) is 95.2 cm³/mol. The second-order valence-electron chi connectivity index (χ2n) is 9.33. The highest BCUT2D eigenvalue weighted by atomic mass is 19.1. The Kier molecular flexibility index (Phi) is 3.00. The molecule has 0 N–H and O–H groups in total. The van der Waals surface area contributed by atoms with Gasteiger partial charge in [0.15, 0.2) is 11.4 Å². The van der Waals surface area contributed by atoms with Crippen molar-refractivity contribution in [1.29, 1.82) is 0 Å². The van der Waals surface area contributed by atoms with Crippen LogP contribution in [0.4, 0.5) is 4.39 Å². The molecule has 0 spiro atoms. The van der Waals surface area contributed by atoms with E-state index < -0.39 is 5.67 Å². The molecule has 0 amide bonds. The molecule has 132 valence electrons. The SMILES string of the molecule is C#C[C@@]1(F)CC[C@H]2[C@@H]3CCC4=Cc5oncc5C[C@]4(C)[C@H]3CC[C@@]21C. The predicted octanol–water partition coefficient (Wildman–Crippen LogP) is 5.20. The van der Waals surface area contributed by atoms with Gasteiger partial charge in [0.1, 0.15) is 0 Å². The van der Waals surface area contributed by atoms with Gasteiger partial charge < -0.3 is 4.52 Å². The van der Waals surface area contributed by atoms with Gasteiger partial charge in [-0.1, -0.05) is 30.5 Å². The van der Waals surface area contributed by atoms with E-state index in [0.717, 1.165) is 44.3 Å². The molecule has 0 radical (unpaired) electrons. The Balaban J connectivity index is 1.53. The molecule has 0 aromatic carbocycles. The van der Waals surface area contributed by atoms with Crippen molar-refractivity contribution in [3.63, 3.8) is 0 Å². The van der Waals surface area contributed by atoms with E-state index in [1.807, 2.05) is 6.20 Å². The molecule has 0 unspecified atom stereocenters. The van der Waals surface area contributed by atoms with Crippen molar-refractivity contribution in [3.8, 4) is 12.3 Å². The van der Waals surface area contributed by atoms with E-state index in [2.05, 4.69) is 31.0 Å². The molecule has 3 fully saturated rings. The van der Waals surface area contributed by atoms with Crippen LogP contribution >= 0.6 is 0 Å². The van der Waals surface area contributed by atoms with Crippen LogP contribution in [0.5, 0.6) is 0 Å². The lowest BCUT2D eigenvalue weighted by atomic mass is 9.46. The first-order chi connectivity index (χ1) is 11.9. The van der Waals surface area contributed by atoms with Gasteiger partial charge in [-0.3, -0.25) is 0 Å². The first kappa shape index (κ1) is 15.7. The fraction of sp³-hybridized carbons (Fsp3) is 0.682. The molecule has 1 heterocycles. The molecule has 25 heavy (non-hydrogen) atoms. The van der Waals surface area contributed by atoms with Crippen molar-refractivity contribution in [2.75, 3.05) is 0 Å². The van der Waals surface area contributed by atoms with Crippen LogP contribution < -0.4 is 0 Å². The van der Waals surface area contributed by atoms with Gasteiger partial charge in [0.2, 0.25) is 0 Å². The van der Waals surface area contributed by atoms with E-state index in [1.165, 1.54) is 11.1 Å². The van der Waals surface area contributed by atoms with Crippen LogP contribution in [0.15, 0.2) is 16.3 Å². The number of terminal acetylenes is 1. The van der Waals surface area contributed by atoms with Gasteiger partial charge >= 0.3 is 0 Å². The Bertz CT molecular complexity index is 803. The Morgan fingerprint density at radius 3 is 2.84 bits per heavy atom. The number of allylic oxidation sites excluding steroid dienone is 1. The van der Waals surface area contributed by atoms with Crippen molar-refractivity contribution in [3.05, 3.63) is 23.1 Å². The van der Waals surface area contributed by atoms with E-state index in [-0.39, 0.29) is 10.8 Å². The lowest BCUT2D eigenvalue weighted by Crippen LogP contribution is -2.53. The van der Waals surface area contributed by atoms with Gasteiger partial charge in [-0.05, 0) is 74.2 Å². The summed E-state index contributed by atoms with van der Waals surface area (Å²) in [4.78, 5) is 0. The summed E-state index contributed by atoms with van der Waals surface area (Å²) < 4.78 is 20.9. The lowest BCUT2D eigenvalue weighted by molar-refractivity contribution is -0.0694. The zero-order valence-electron chi connectivity index (χ0n) is 15.1. The molecule has 4 aliphatic carbocycles. The van der Waals surface area contributed by atoms with Crippen molar-refractivity contribution < 1.29 is 8.91 Å². The second kappa shape index (κ2) is 4.78. The Labute approximate surface area is 149 Å². The molecule has 3 saturated carbocycles. The molecule has 5 rings (SSSR count). The maximum absolute atomic E-state index is 15.4. The van der Waals surface area contributed by atoms with E-state index in [9.17, 15) is 0 Å². The topological polar surface area (TPSA) is 26.0 Å². The Hall–Kier alpha value is -1.56. The quantitative estimate of drug-likeness (QED) is 0.607. The monoisotopic (exact) mass is 339 g/mol. The highest BCUT2D eigenvalue weighted by molar-refractivity contribution is 5.57. The summed E-state index contributed by atoms with van der Waals surface area (Å²) in [6.45, 7) is 4.56. The fourth-order valence-electron chi connectivity index (χ4n) is 7.10. The van der Waals surface area contributed by atoms with Gasteiger partial charge in [-0.15, -0.1) is 6.42 Å². The molecule has 3 heteroatoms. The Morgan fingerprint density at radius 1 is 1.24 bits per heavy atom. The summed E-state index contributed by atoms with van der Waals surface area (Å²) in [6.07, 6.45) is 16.5. The van der Waals surface area contributed by atoms with Crippen LogP contribution in [-0.2, 0) is 6.42 Å². The molecule has 6 atom stereocenters. The summed E-state index contributed by atoms with van der Waals surface area (Å²) in [6, 6.07) is 0. The first-order valence-corrected chi connectivity index (χ1v) is 9.73. The number of aromatic nitrogens is 1. The van der Waals surface area contributed by atoms with E-state index in [1.54, 1.807) is 0 Å². The molecule has 2 nitrogen and oxygen atoms in total. The minimum atomic E-state index is -1.41. The number of hydrogen-bond donors (Lipinski definition) is 0. The summed E-state index contributed by atoms with van der Waals surface area (Å²) in [7, 11) is 0. The second-order valence-corrected chi connectivity index (χ2v) is 9.33. The van der Waals surface area contributed by atoms with E-state index >= 15 is 4.39 Å². The largest absolute Gasteiger partial charge is 0.357 e. The zero-order chi connectivity index (χ0) is 17.4. The molecular formula is C22H26FNO. The number of nitrogens with zero attached hydrogens (tertiary/aromatic N) is 1. The van der Waals surface area contributed by atoms with E-state index in [0.29, 0.717) is 24.2 Å². The third-order valence-corrected chi connectivity index (χ3v) is 8.60. The van der Waals surface area contributed by atoms with Gasteiger partial charge in [0.05, 0.1) is 6.20 Å². The third kappa shape index (κ3) is 1.79. The summed E-state index contributed by atoms with van der Waals surface area (Å²) in [5.74, 6) is 5.13. The fourth-order valence-corrected chi connectivity index (χ4v) is 7.10. The number of halogens is 1. The summed E-state index contributed by atoms with van der Waals surface area (Å²) >= 11 is 0. The van der Waals surface area contributed by atoms with Gasteiger partial charge in [-0.25, -0.2) is 4.39 Å². The van der Waals surface area contributed by atoms with Crippen LogP contribution in [-0.4, -0.2) is 10.8 Å². The van der Waals surface area contributed by atoms with Crippen molar-refractivity contribution in [1.82, 2.24) is 5.16 Å². The van der Waals surface area contributed by atoms with Crippen molar-refractivity contribution in [2.24, 2.45) is 28.6 Å². The normalized spacial score (nSPS) is 47.8. The van der Waals surface area contributed by atoms with Crippen LogP contribution in [0.25, 0.3) is 6.08 Å². The number of hydrogen-bond acceptors (Lipinski definition) is 2. The number of fused-ring (bicyclic) bond motifs is 6. The highest BCUT2D eigenvalue weighted by Gasteiger charge is 2.64. The maximum Gasteiger partial charge on any atom is 0.176 e. The lowest BCUT2D eigenvalue weighted by Gasteiger charge is -2.58. The van der Waals surface area contributed by atoms with E-state index in [4.69, 9.17) is 10.9 Å². The minimum Gasteiger partial charge on any atom is -0.357 e. The average molecular weight is 339 g/mol. The molecule has 0 aliphatic heterocycles. The van der Waals surface area contributed by atoms with Crippen LogP contribution in [0.3, 0.4) is 0 Å². The minimum absolute atomic E-state index is 0.167. The van der Waals surface area contributed by atoms with Gasteiger partial charge in [0.25, 0.3) is 0 Å². The van der Waals surface area contributed by atoms with Crippen LogP contribution in [0.1, 0.15) is 63.7 Å².